The van der Waals surface area contributed by atoms with E-state index in [9.17, 15) is 14.9 Å². The van der Waals surface area contributed by atoms with E-state index in [1.807, 2.05) is 13.0 Å². The summed E-state index contributed by atoms with van der Waals surface area (Å²) in [6.07, 6.45) is 4.43. The maximum Gasteiger partial charge on any atom is 0.270 e. The van der Waals surface area contributed by atoms with Crippen molar-refractivity contribution in [1.29, 1.82) is 5.26 Å². The van der Waals surface area contributed by atoms with Gasteiger partial charge < -0.3 is 9.64 Å². The summed E-state index contributed by atoms with van der Waals surface area (Å²) >= 11 is 6.73. The highest BCUT2D eigenvalue weighted by molar-refractivity contribution is 8.26. The van der Waals surface area contributed by atoms with Crippen molar-refractivity contribution < 1.29 is 9.53 Å². The minimum Gasteiger partial charge on any atom is -0.378 e. The first-order chi connectivity index (χ1) is 14.9. The quantitative estimate of drug-likeness (QED) is 0.456. The second kappa shape index (κ2) is 10.4. The van der Waals surface area contributed by atoms with Crippen molar-refractivity contribution in [3.05, 3.63) is 31.9 Å². The topological polar surface area (TPSA) is 78.6 Å². The Hall–Kier alpha value is -2.15. The molecule has 1 aromatic rings. The minimum absolute atomic E-state index is 0.109. The molecule has 0 bridgehead atoms. The SMILES string of the molecule is CCCCN1C(=O)/C(=C/c2c(C)c(C#N)c(=O)n(CCC)c2N2CCOCC2)SC1=S. The average molecular weight is 461 g/mol. The molecule has 0 aromatic carbocycles. The third-order valence-electron chi connectivity index (χ3n) is 5.49. The van der Waals surface area contributed by atoms with E-state index in [0.29, 0.717) is 54.2 Å². The Morgan fingerprint density at radius 1 is 1.19 bits per heavy atom. The number of carbonyl (C=O) groups excluding carboxylic acids is 1. The Bertz CT molecular complexity index is 1000. The van der Waals surface area contributed by atoms with Gasteiger partial charge in [0, 0.05) is 31.7 Å². The molecule has 2 aliphatic heterocycles. The molecule has 0 radical (unpaired) electrons. The Balaban J connectivity index is 2.18. The second-order valence-electron chi connectivity index (χ2n) is 7.59. The van der Waals surface area contributed by atoms with Crippen LogP contribution in [0, 0.1) is 18.3 Å². The fourth-order valence-electron chi connectivity index (χ4n) is 3.83. The first-order valence-corrected chi connectivity index (χ1v) is 11.9. The number of rotatable bonds is 7. The minimum atomic E-state index is -0.281. The van der Waals surface area contributed by atoms with Crippen molar-refractivity contribution >= 4 is 46.1 Å². The highest BCUT2D eigenvalue weighted by Gasteiger charge is 2.33. The predicted molar refractivity (Wildman–Crippen MR) is 128 cm³/mol. The van der Waals surface area contributed by atoms with E-state index in [0.717, 1.165) is 30.6 Å². The van der Waals surface area contributed by atoms with E-state index in [4.69, 9.17) is 17.0 Å². The number of hydrogen-bond donors (Lipinski definition) is 0. The standard InChI is InChI=1S/C22H28N4O3S2/c1-4-6-8-26-21(28)18(31-22(26)30)13-16-15(3)17(14-23)20(27)25(7-5-2)19(16)24-9-11-29-12-10-24/h13H,4-12H2,1-3H3/b18-13-. The lowest BCUT2D eigenvalue weighted by atomic mass is 10.0. The number of amides is 1. The van der Waals surface area contributed by atoms with Crippen LogP contribution in [0.3, 0.4) is 0 Å². The van der Waals surface area contributed by atoms with Crippen LogP contribution in [-0.2, 0) is 16.1 Å². The zero-order chi connectivity index (χ0) is 22.5. The molecule has 0 aliphatic carbocycles. The fourth-order valence-corrected chi connectivity index (χ4v) is 5.12. The molecular formula is C22H28N4O3S2. The molecule has 0 unspecified atom stereocenters. The van der Waals surface area contributed by atoms with Crippen LogP contribution in [0.25, 0.3) is 6.08 Å². The summed E-state index contributed by atoms with van der Waals surface area (Å²) in [7, 11) is 0. The van der Waals surface area contributed by atoms with Gasteiger partial charge in [0.2, 0.25) is 0 Å². The molecule has 0 spiro atoms. The lowest BCUT2D eigenvalue weighted by Gasteiger charge is -2.33. The van der Waals surface area contributed by atoms with Crippen molar-refractivity contribution in [3.63, 3.8) is 0 Å². The van der Waals surface area contributed by atoms with Gasteiger partial charge >= 0.3 is 0 Å². The van der Waals surface area contributed by atoms with E-state index in [1.165, 1.54) is 11.8 Å². The van der Waals surface area contributed by atoms with Crippen LogP contribution in [0.5, 0.6) is 0 Å². The highest BCUT2D eigenvalue weighted by atomic mass is 32.2. The number of thiocarbonyl (C=S) groups is 1. The van der Waals surface area contributed by atoms with E-state index >= 15 is 0 Å². The van der Waals surface area contributed by atoms with Crippen molar-refractivity contribution in [1.82, 2.24) is 9.47 Å². The summed E-state index contributed by atoms with van der Waals surface area (Å²) < 4.78 is 7.74. The lowest BCUT2D eigenvalue weighted by molar-refractivity contribution is -0.122. The van der Waals surface area contributed by atoms with Gasteiger partial charge in [-0.1, -0.05) is 44.2 Å². The van der Waals surface area contributed by atoms with Gasteiger partial charge in [0.1, 0.15) is 21.8 Å². The van der Waals surface area contributed by atoms with E-state index in [2.05, 4.69) is 17.9 Å². The number of nitrogens with zero attached hydrogens (tertiary/aromatic N) is 4. The zero-order valence-electron chi connectivity index (χ0n) is 18.3. The third-order valence-corrected chi connectivity index (χ3v) is 6.87. The molecule has 1 aromatic heterocycles. The molecule has 0 atom stereocenters. The van der Waals surface area contributed by atoms with Gasteiger partial charge in [-0.05, 0) is 31.4 Å². The molecule has 7 nitrogen and oxygen atoms in total. The summed E-state index contributed by atoms with van der Waals surface area (Å²) in [5.74, 6) is 0.646. The summed E-state index contributed by atoms with van der Waals surface area (Å²) in [6.45, 7) is 9.39. The van der Waals surface area contributed by atoms with Crippen molar-refractivity contribution in [2.75, 3.05) is 37.7 Å². The number of pyridine rings is 1. The zero-order valence-corrected chi connectivity index (χ0v) is 19.9. The molecule has 9 heteroatoms. The van der Waals surface area contributed by atoms with Gasteiger partial charge in [0.25, 0.3) is 11.5 Å². The molecule has 0 saturated carbocycles. The fraction of sp³-hybridized carbons (Fsp3) is 0.545. The number of anilines is 1. The van der Waals surface area contributed by atoms with Crippen LogP contribution in [0.4, 0.5) is 5.82 Å². The molecule has 2 fully saturated rings. The number of hydrogen-bond acceptors (Lipinski definition) is 7. The second-order valence-corrected chi connectivity index (χ2v) is 9.27. The van der Waals surface area contributed by atoms with Crippen LogP contribution in [0.2, 0.25) is 0 Å². The van der Waals surface area contributed by atoms with Crippen molar-refractivity contribution in [2.45, 2.75) is 46.6 Å². The van der Waals surface area contributed by atoms with Crippen LogP contribution in [0.1, 0.15) is 49.8 Å². The largest absolute Gasteiger partial charge is 0.378 e. The number of aromatic nitrogens is 1. The van der Waals surface area contributed by atoms with Crippen LogP contribution in [-0.4, -0.2) is 52.5 Å². The van der Waals surface area contributed by atoms with Gasteiger partial charge in [-0.3, -0.25) is 19.1 Å². The summed E-state index contributed by atoms with van der Waals surface area (Å²) in [5, 5.41) is 9.69. The maximum atomic E-state index is 13.1. The predicted octanol–water partition coefficient (Wildman–Crippen LogP) is 3.28. The number of thioether (sulfide) groups is 1. The van der Waals surface area contributed by atoms with E-state index < -0.39 is 0 Å². The number of carbonyl (C=O) groups is 1. The van der Waals surface area contributed by atoms with Crippen molar-refractivity contribution in [3.8, 4) is 6.07 Å². The Morgan fingerprint density at radius 3 is 2.52 bits per heavy atom. The molecule has 0 N–H and O–H groups in total. The lowest BCUT2D eigenvalue weighted by Crippen LogP contribution is -2.41. The number of unbranched alkanes of at least 4 members (excludes halogenated alkanes) is 1. The Labute approximate surface area is 192 Å². The molecule has 1 amide bonds. The Kier molecular flexibility index (Phi) is 7.92. The first-order valence-electron chi connectivity index (χ1n) is 10.7. The smallest absolute Gasteiger partial charge is 0.270 e. The van der Waals surface area contributed by atoms with Gasteiger partial charge in [0.15, 0.2) is 0 Å². The Morgan fingerprint density at radius 2 is 1.90 bits per heavy atom. The third kappa shape index (κ3) is 4.71. The van der Waals surface area contributed by atoms with Crippen LogP contribution < -0.4 is 10.5 Å². The summed E-state index contributed by atoms with van der Waals surface area (Å²) in [4.78, 5) is 30.5. The first kappa shape index (κ1) is 23.5. The normalized spacial score (nSPS) is 18.2. The van der Waals surface area contributed by atoms with Gasteiger partial charge in [0.05, 0.1) is 18.1 Å². The molecule has 3 heterocycles. The summed E-state index contributed by atoms with van der Waals surface area (Å²) in [6, 6.07) is 2.08. The van der Waals surface area contributed by atoms with Crippen LogP contribution >= 0.6 is 24.0 Å². The molecular weight excluding hydrogens is 432 g/mol. The van der Waals surface area contributed by atoms with Crippen molar-refractivity contribution in [2.24, 2.45) is 0 Å². The molecule has 2 aliphatic rings. The van der Waals surface area contributed by atoms with Gasteiger partial charge in [-0.15, -0.1) is 0 Å². The van der Waals surface area contributed by atoms with Crippen LogP contribution in [0.15, 0.2) is 9.70 Å². The maximum absolute atomic E-state index is 13.1. The molecule has 2 saturated heterocycles. The molecule has 3 rings (SSSR count). The van der Waals surface area contributed by atoms with Gasteiger partial charge in [-0.25, -0.2) is 0 Å². The van der Waals surface area contributed by atoms with Gasteiger partial charge in [-0.2, -0.15) is 5.26 Å². The number of ether oxygens (including phenoxy) is 1. The monoisotopic (exact) mass is 460 g/mol. The van der Waals surface area contributed by atoms with E-state index in [-0.39, 0.29) is 17.0 Å². The van der Waals surface area contributed by atoms with E-state index in [1.54, 1.807) is 16.4 Å². The number of morpholine rings is 1. The average Bonchev–Trinajstić information content (AvgIpc) is 3.03. The highest BCUT2D eigenvalue weighted by Crippen LogP contribution is 2.36. The summed E-state index contributed by atoms with van der Waals surface area (Å²) in [5.41, 5.74) is 1.18. The molecule has 166 valence electrons. The molecule has 31 heavy (non-hydrogen) atoms. The number of nitriles is 1.